The summed E-state index contributed by atoms with van der Waals surface area (Å²) in [5, 5.41) is 1.78. The van der Waals surface area contributed by atoms with E-state index in [0.29, 0.717) is 5.75 Å². The lowest BCUT2D eigenvalue weighted by molar-refractivity contribution is 0.408. The van der Waals surface area contributed by atoms with Crippen LogP contribution >= 0.6 is 0 Å². The highest BCUT2D eigenvalue weighted by atomic mass is 32.2. The van der Waals surface area contributed by atoms with Crippen molar-refractivity contribution in [1.82, 2.24) is 0 Å². The molecular formula is C12H12O3S. The molecule has 2 aromatic rings. The smallest absolute Gasteiger partial charge is 0.179 e. The molecule has 0 heterocycles. The van der Waals surface area contributed by atoms with Gasteiger partial charge in [0, 0.05) is 11.6 Å². The number of benzene rings is 2. The van der Waals surface area contributed by atoms with Crippen molar-refractivity contribution in [3.05, 3.63) is 36.4 Å². The minimum absolute atomic E-state index is 0.230. The SMILES string of the molecule is COc1c(S(C)(=O)=O)ccc2ccccc12. The molecule has 0 aliphatic heterocycles. The van der Waals surface area contributed by atoms with Crippen molar-refractivity contribution in [2.45, 2.75) is 4.90 Å². The Hall–Kier alpha value is -1.55. The summed E-state index contributed by atoms with van der Waals surface area (Å²) in [4.78, 5) is 0.230. The Morgan fingerprint density at radius 1 is 1.06 bits per heavy atom. The summed E-state index contributed by atoms with van der Waals surface area (Å²) in [5.41, 5.74) is 0. The van der Waals surface area contributed by atoms with Gasteiger partial charge in [-0.15, -0.1) is 0 Å². The average Bonchev–Trinajstić information content (AvgIpc) is 2.26. The third-order valence-electron chi connectivity index (χ3n) is 2.45. The standard InChI is InChI=1S/C12H12O3S/c1-15-12-10-6-4-3-5-9(10)7-8-11(12)16(2,13)14/h3-8H,1-2H3. The fourth-order valence-corrected chi connectivity index (χ4v) is 2.57. The molecule has 0 fully saturated rings. The third-order valence-corrected chi connectivity index (χ3v) is 3.57. The number of fused-ring (bicyclic) bond motifs is 1. The van der Waals surface area contributed by atoms with Gasteiger partial charge in [0.15, 0.2) is 9.84 Å². The van der Waals surface area contributed by atoms with Gasteiger partial charge in [-0.25, -0.2) is 8.42 Å². The second kappa shape index (κ2) is 3.79. The van der Waals surface area contributed by atoms with Crippen LogP contribution in [0.15, 0.2) is 41.3 Å². The number of methoxy groups -OCH3 is 1. The molecule has 84 valence electrons. The molecule has 0 aromatic heterocycles. The summed E-state index contributed by atoms with van der Waals surface area (Å²) in [6, 6.07) is 10.9. The molecule has 0 aliphatic carbocycles. The van der Waals surface area contributed by atoms with Crippen molar-refractivity contribution in [2.75, 3.05) is 13.4 Å². The summed E-state index contributed by atoms with van der Waals surface area (Å²) >= 11 is 0. The molecule has 0 saturated carbocycles. The van der Waals surface area contributed by atoms with Gasteiger partial charge in [-0.3, -0.25) is 0 Å². The van der Waals surface area contributed by atoms with Crippen molar-refractivity contribution in [1.29, 1.82) is 0 Å². The Balaban J connectivity index is 2.89. The quantitative estimate of drug-likeness (QED) is 0.803. The molecule has 2 rings (SSSR count). The van der Waals surface area contributed by atoms with Crippen LogP contribution in [0.1, 0.15) is 0 Å². The first kappa shape index (κ1) is 11.0. The molecular weight excluding hydrogens is 224 g/mol. The van der Waals surface area contributed by atoms with Gasteiger partial charge in [0.05, 0.1) is 7.11 Å². The van der Waals surface area contributed by atoms with E-state index in [4.69, 9.17) is 4.74 Å². The van der Waals surface area contributed by atoms with E-state index in [2.05, 4.69) is 0 Å². The maximum Gasteiger partial charge on any atom is 0.179 e. The number of ether oxygens (including phenoxy) is 1. The first-order chi connectivity index (χ1) is 7.54. The van der Waals surface area contributed by atoms with Crippen LogP contribution in [0.25, 0.3) is 10.8 Å². The van der Waals surface area contributed by atoms with Gasteiger partial charge in [0.25, 0.3) is 0 Å². The maximum absolute atomic E-state index is 11.6. The van der Waals surface area contributed by atoms with Gasteiger partial charge in [-0.1, -0.05) is 30.3 Å². The zero-order chi connectivity index (χ0) is 11.8. The Morgan fingerprint density at radius 2 is 1.75 bits per heavy atom. The molecule has 0 radical (unpaired) electrons. The van der Waals surface area contributed by atoms with Crippen LogP contribution < -0.4 is 4.74 Å². The molecule has 0 atom stereocenters. The van der Waals surface area contributed by atoms with Crippen molar-refractivity contribution in [3.63, 3.8) is 0 Å². The highest BCUT2D eigenvalue weighted by molar-refractivity contribution is 7.90. The van der Waals surface area contributed by atoms with E-state index >= 15 is 0 Å². The number of hydrogen-bond donors (Lipinski definition) is 0. The summed E-state index contributed by atoms with van der Waals surface area (Å²) in [6.07, 6.45) is 1.18. The zero-order valence-electron chi connectivity index (χ0n) is 9.10. The summed E-state index contributed by atoms with van der Waals surface area (Å²) in [5.74, 6) is 0.417. The van der Waals surface area contributed by atoms with E-state index in [-0.39, 0.29) is 4.90 Å². The minimum Gasteiger partial charge on any atom is -0.495 e. The molecule has 0 unspecified atom stereocenters. The topological polar surface area (TPSA) is 43.4 Å². The number of sulfone groups is 1. The predicted octanol–water partition coefficient (Wildman–Crippen LogP) is 2.25. The lowest BCUT2D eigenvalue weighted by Gasteiger charge is -2.10. The molecule has 16 heavy (non-hydrogen) atoms. The highest BCUT2D eigenvalue weighted by Gasteiger charge is 2.16. The fourth-order valence-electron chi connectivity index (χ4n) is 1.73. The van der Waals surface area contributed by atoms with Crippen LogP contribution in [0.3, 0.4) is 0 Å². The van der Waals surface area contributed by atoms with Crippen LogP contribution in [0, 0.1) is 0 Å². The van der Waals surface area contributed by atoms with Crippen LogP contribution in [0.2, 0.25) is 0 Å². The molecule has 0 spiro atoms. The van der Waals surface area contributed by atoms with Gasteiger partial charge < -0.3 is 4.74 Å². The van der Waals surface area contributed by atoms with Crippen LogP contribution in [-0.4, -0.2) is 21.8 Å². The highest BCUT2D eigenvalue weighted by Crippen LogP contribution is 2.32. The lowest BCUT2D eigenvalue weighted by atomic mass is 10.1. The van der Waals surface area contributed by atoms with E-state index < -0.39 is 9.84 Å². The van der Waals surface area contributed by atoms with Crippen molar-refractivity contribution < 1.29 is 13.2 Å². The normalized spacial score (nSPS) is 11.6. The number of hydrogen-bond acceptors (Lipinski definition) is 3. The van der Waals surface area contributed by atoms with Gasteiger partial charge in [0.1, 0.15) is 10.6 Å². The van der Waals surface area contributed by atoms with Crippen molar-refractivity contribution >= 4 is 20.6 Å². The molecule has 3 nitrogen and oxygen atoms in total. The first-order valence-electron chi connectivity index (χ1n) is 4.80. The van der Waals surface area contributed by atoms with Crippen LogP contribution in [0.5, 0.6) is 5.75 Å². The van der Waals surface area contributed by atoms with Gasteiger partial charge in [-0.2, -0.15) is 0 Å². The van der Waals surface area contributed by atoms with Gasteiger partial charge >= 0.3 is 0 Å². The van der Waals surface area contributed by atoms with E-state index in [1.807, 2.05) is 24.3 Å². The fraction of sp³-hybridized carbons (Fsp3) is 0.167. The molecule has 0 bridgehead atoms. The van der Waals surface area contributed by atoms with E-state index in [9.17, 15) is 8.42 Å². The molecule has 0 amide bonds. The summed E-state index contributed by atoms with van der Waals surface area (Å²) in [7, 11) is -1.78. The number of rotatable bonds is 2. The summed E-state index contributed by atoms with van der Waals surface area (Å²) in [6.45, 7) is 0. The third kappa shape index (κ3) is 1.76. The second-order valence-corrected chi connectivity index (χ2v) is 5.57. The Morgan fingerprint density at radius 3 is 2.38 bits per heavy atom. The molecule has 4 heteroatoms. The lowest BCUT2D eigenvalue weighted by Crippen LogP contribution is -2.01. The average molecular weight is 236 g/mol. The maximum atomic E-state index is 11.6. The first-order valence-corrected chi connectivity index (χ1v) is 6.69. The van der Waals surface area contributed by atoms with E-state index in [0.717, 1.165) is 10.8 Å². The zero-order valence-corrected chi connectivity index (χ0v) is 9.91. The van der Waals surface area contributed by atoms with Crippen molar-refractivity contribution in [3.8, 4) is 5.75 Å². The molecule has 0 N–H and O–H groups in total. The largest absolute Gasteiger partial charge is 0.495 e. The Labute approximate surface area is 94.6 Å². The second-order valence-electron chi connectivity index (χ2n) is 3.59. The minimum atomic E-state index is -3.26. The van der Waals surface area contributed by atoms with Gasteiger partial charge in [0.2, 0.25) is 0 Å². The van der Waals surface area contributed by atoms with Crippen LogP contribution in [0.4, 0.5) is 0 Å². The molecule has 0 aliphatic rings. The Kier molecular flexibility index (Phi) is 2.59. The summed E-state index contributed by atoms with van der Waals surface area (Å²) < 4.78 is 28.4. The Bertz CT molecular complexity index is 630. The molecule has 0 saturated heterocycles. The monoisotopic (exact) mass is 236 g/mol. The van der Waals surface area contributed by atoms with Gasteiger partial charge in [-0.05, 0) is 11.5 Å². The predicted molar refractivity (Wildman–Crippen MR) is 63.6 cm³/mol. The van der Waals surface area contributed by atoms with E-state index in [1.54, 1.807) is 12.1 Å². The van der Waals surface area contributed by atoms with E-state index in [1.165, 1.54) is 13.4 Å². The van der Waals surface area contributed by atoms with Crippen LogP contribution in [-0.2, 0) is 9.84 Å². The van der Waals surface area contributed by atoms with Crippen molar-refractivity contribution in [2.24, 2.45) is 0 Å². The molecule has 2 aromatic carbocycles.